The van der Waals surface area contributed by atoms with E-state index in [1.165, 1.54) is 48.5 Å². The van der Waals surface area contributed by atoms with Gasteiger partial charge in [-0.25, -0.2) is 8.78 Å². The number of hydrogen-bond donors (Lipinski definition) is 2. The van der Waals surface area contributed by atoms with Gasteiger partial charge >= 0.3 is 0 Å². The fourth-order valence-electron chi connectivity index (χ4n) is 2.34. The zero-order valence-electron chi connectivity index (χ0n) is 14.1. The second-order valence-electron chi connectivity index (χ2n) is 5.73. The summed E-state index contributed by atoms with van der Waals surface area (Å²) in [4.78, 5) is 24.5. The second kappa shape index (κ2) is 8.37. The average Bonchev–Trinajstić information content (AvgIpc) is 2.66. The fourth-order valence-corrected chi connectivity index (χ4v) is 2.66. The highest BCUT2D eigenvalue weighted by atomic mass is 35.5. The highest BCUT2D eigenvalue weighted by Crippen LogP contribution is 2.21. The number of anilines is 2. The predicted octanol–water partition coefficient (Wildman–Crippen LogP) is 5.78. The van der Waals surface area contributed by atoms with Crippen molar-refractivity contribution in [2.24, 2.45) is 0 Å². The van der Waals surface area contributed by atoms with E-state index in [0.29, 0.717) is 0 Å². The number of halogens is 4. The lowest BCUT2D eigenvalue weighted by Crippen LogP contribution is -2.15. The molecule has 0 aromatic heterocycles. The zero-order chi connectivity index (χ0) is 20.3. The third kappa shape index (κ3) is 4.65. The van der Waals surface area contributed by atoms with Crippen molar-refractivity contribution in [2.75, 3.05) is 10.6 Å². The van der Waals surface area contributed by atoms with Crippen LogP contribution in [0.3, 0.4) is 0 Å². The van der Waals surface area contributed by atoms with E-state index in [-0.39, 0.29) is 32.5 Å². The monoisotopic (exact) mass is 420 g/mol. The lowest BCUT2D eigenvalue weighted by atomic mass is 10.1. The third-order valence-electron chi connectivity index (χ3n) is 3.77. The first-order valence-corrected chi connectivity index (χ1v) is 8.72. The van der Waals surface area contributed by atoms with Gasteiger partial charge in [0.1, 0.15) is 11.6 Å². The Morgan fingerprint density at radius 2 is 1.00 bits per heavy atom. The van der Waals surface area contributed by atoms with Gasteiger partial charge in [0.2, 0.25) is 0 Å². The zero-order valence-corrected chi connectivity index (χ0v) is 15.6. The van der Waals surface area contributed by atoms with E-state index in [4.69, 9.17) is 23.2 Å². The molecule has 3 rings (SSSR count). The summed E-state index contributed by atoms with van der Waals surface area (Å²) >= 11 is 11.3. The SMILES string of the molecule is O=C(Nc1ccc(Cl)cc1F)c1ccc(C(=O)Nc2ccc(Cl)cc2F)cc1. The van der Waals surface area contributed by atoms with Crippen LogP contribution in [0.2, 0.25) is 10.0 Å². The molecule has 0 saturated carbocycles. The largest absolute Gasteiger partial charge is 0.319 e. The maximum Gasteiger partial charge on any atom is 0.255 e. The molecule has 0 spiro atoms. The molecule has 0 atom stereocenters. The molecule has 0 aliphatic carbocycles. The first kappa shape index (κ1) is 19.8. The maximum atomic E-state index is 13.8. The first-order chi connectivity index (χ1) is 13.3. The summed E-state index contributed by atoms with van der Waals surface area (Å²) in [6.45, 7) is 0. The highest BCUT2D eigenvalue weighted by molar-refractivity contribution is 6.31. The number of amides is 2. The summed E-state index contributed by atoms with van der Waals surface area (Å²) in [6, 6.07) is 13.4. The number of carbonyl (C=O) groups excluding carboxylic acids is 2. The molecule has 0 unspecified atom stereocenters. The summed E-state index contributed by atoms with van der Waals surface area (Å²) in [6.07, 6.45) is 0. The van der Waals surface area contributed by atoms with Crippen LogP contribution in [-0.4, -0.2) is 11.8 Å². The van der Waals surface area contributed by atoms with E-state index in [1.807, 2.05) is 0 Å². The fraction of sp³-hybridized carbons (Fsp3) is 0. The topological polar surface area (TPSA) is 58.2 Å². The molecule has 2 amide bonds. The quantitative estimate of drug-likeness (QED) is 0.562. The highest BCUT2D eigenvalue weighted by Gasteiger charge is 2.13. The Balaban J connectivity index is 1.70. The molecule has 0 radical (unpaired) electrons. The van der Waals surface area contributed by atoms with E-state index in [2.05, 4.69) is 10.6 Å². The smallest absolute Gasteiger partial charge is 0.255 e. The summed E-state index contributed by atoms with van der Waals surface area (Å²) < 4.78 is 27.5. The molecule has 0 fully saturated rings. The van der Waals surface area contributed by atoms with E-state index in [1.54, 1.807) is 0 Å². The number of benzene rings is 3. The number of hydrogen-bond acceptors (Lipinski definition) is 2. The van der Waals surface area contributed by atoms with Crippen LogP contribution in [0, 0.1) is 11.6 Å². The van der Waals surface area contributed by atoms with Gasteiger partial charge in [-0.2, -0.15) is 0 Å². The summed E-state index contributed by atoms with van der Waals surface area (Å²) in [5.41, 5.74) is 0.385. The van der Waals surface area contributed by atoms with Crippen molar-refractivity contribution in [1.29, 1.82) is 0 Å². The van der Waals surface area contributed by atoms with Gasteiger partial charge < -0.3 is 10.6 Å². The van der Waals surface area contributed by atoms with E-state index in [0.717, 1.165) is 12.1 Å². The lowest BCUT2D eigenvalue weighted by molar-refractivity contribution is 0.101. The Morgan fingerprint density at radius 1 is 0.643 bits per heavy atom. The molecule has 2 N–H and O–H groups in total. The average molecular weight is 421 g/mol. The molecule has 0 aliphatic rings. The molecular weight excluding hydrogens is 409 g/mol. The van der Waals surface area contributed by atoms with Crippen molar-refractivity contribution in [3.8, 4) is 0 Å². The van der Waals surface area contributed by atoms with E-state index >= 15 is 0 Å². The second-order valence-corrected chi connectivity index (χ2v) is 6.61. The molecule has 142 valence electrons. The van der Waals surface area contributed by atoms with Crippen LogP contribution in [0.1, 0.15) is 20.7 Å². The van der Waals surface area contributed by atoms with Crippen LogP contribution >= 0.6 is 23.2 Å². The van der Waals surface area contributed by atoms with Gasteiger partial charge in [0, 0.05) is 21.2 Å². The van der Waals surface area contributed by atoms with Crippen molar-refractivity contribution >= 4 is 46.4 Å². The van der Waals surface area contributed by atoms with Gasteiger partial charge in [-0.1, -0.05) is 23.2 Å². The van der Waals surface area contributed by atoms with Crippen LogP contribution in [0.25, 0.3) is 0 Å². The van der Waals surface area contributed by atoms with Crippen molar-refractivity contribution in [2.45, 2.75) is 0 Å². The van der Waals surface area contributed by atoms with E-state index < -0.39 is 23.4 Å². The Morgan fingerprint density at radius 3 is 1.32 bits per heavy atom. The molecule has 0 saturated heterocycles. The van der Waals surface area contributed by atoms with Crippen molar-refractivity contribution in [1.82, 2.24) is 0 Å². The van der Waals surface area contributed by atoms with Gasteiger partial charge in [-0.05, 0) is 60.7 Å². The van der Waals surface area contributed by atoms with E-state index in [9.17, 15) is 18.4 Å². The predicted molar refractivity (Wildman–Crippen MR) is 105 cm³/mol. The number of rotatable bonds is 4. The number of carbonyl (C=O) groups is 2. The molecule has 3 aromatic rings. The van der Waals surface area contributed by atoms with Gasteiger partial charge in [-0.15, -0.1) is 0 Å². The normalized spacial score (nSPS) is 10.4. The molecule has 0 heterocycles. The van der Waals surface area contributed by atoms with Gasteiger partial charge in [0.25, 0.3) is 11.8 Å². The summed E-state index contributed by atoms with van der Waals surface area (Å²) in [5.74, 6) is -2.45. The lowest BCUT2D eigenvalue weighted by Gasteiger charge is -2.09. The van der Waals surface area contributed by atoms with Crippen LogP contribution in [0.15, 0.2) is 60.7 Å². The van der Waals surface area contributed by atoms with Gasteiger partial charge in [-0.3, -0.25) is 9.59 Å². The minimum Gasteiger partial charge on any atom is -0.319 e. The minimum atomic E-state index is -0.665. The van der Waals surface area contributed by atoms with Crippen LogP contribution < -0.4 is 10.6 Å². The van der Waals surface area contributed by atoms with Crippen molar-refractivity contribution in [3.05, 3.63) is 93.5 Å². The molecule has 28 heavy (non-hydrogen) atoms. The minimum absolute atomic E-state index is 0.0190. The summed E-state index contributed by atoms with van der Waals surface area (Å²) in [7, 11) is 0. The third-order valence-corrected chi connectivity index (χ3v) is 4.24. The Labute approximate surface area is 169 Å². The van der Waals surface area contributed by atoms with Crippen molar-refractivity contribution in [3.63, 3.8) is 0 Å². The van der Waals surface area contributed by atoms with Gasteiger partial charge in [0.15, 0.2) is 0 Å². The van der Waals surface area contributed by atoms with Gasteiger partial charge in [0.05, 0.1) is 11.4 Å². The first-order valence-electron chi connectivity index (χ1n) is 7.96. The number of nitrogens with one attached hydrogen (secondary N) is 2. The molecule has 0 aliphatic heterocycles. The summed E-state index contributed by atoms with van der Waals surface area (Å²) in [5, 5.41) is 5.26. The molecule has 8 heteroatoms. The maximum absolute atomic E-state index is 13.8. The molecular formula is C20H12Cl2F2N2O2. The Kier molecular flexibility index (Phi) is 5.92. The Bertz CT molecular complexity index is 972. The van der Waals surface area contributed by atoms with Crippen LogP contribution in [0.4, 0.5) is 20.2 Å². The van der Waals surface area contributed by atoms with Crippen LogP contribution in [-0.2, 0) is 0 Å². The molecule has 4 nitrogen and oxygen atoms in total. The van der Waals surface area contributed by atoms with Crippen molar-refractivity contribution < 1.29 is 18.4 Å². The standard InChI is InChI=1S/C20H12Cl2F2N2O2/c21-13-5-7-17(15(23)9-13)25-19(27)11-1-2-12(4-3-11)20(28)26-18-8-6-14(22)10-16(18)24/h1-10H,(H,25,27)(H,26,28). The van der Waals surface area contributed by atoms with Crippen LogP contribution in [0.5, 0.6) is 0 Å². The molecule has 0 bridgehead atoms. The Hall–Kier alpha value is -2.96. The molecule has 3 aromatic carbocycles.